The molecule has 0 aliphatic heterocycles. The molecule has 0 radical (unpaired) electrons. The van der Waals surface area contributed by atoms with Crippen molar-refractivity contribution in [3.63, 3.8) is 0 Å². The van der Waals surface area contributed by atoms with Crippen molar-refractivity contribution in [2.75, 3.05) is 0 Å². The van der Waals surface area contributed by atoms with Crippen molar-refractivity contribution in [1.82, 2.24) is 0 Å². The zero-order valence-corrected chi connectivity index (χ0v) is 9.91. The molecule has 0 bridgehead atoms. The van der Waals surface area contributed by atoms with Crippen molar-refractivity contribution in [2.24, 2.45) is 0 Å². The summed E-state index contributed by atoms with van der Waals surface area (Å²) in [6.07, 6.45) is 21.7. The second kappa shape index (κ2) is 14.7. The van der Waals surface area contributed by atoms with Gasteiger partial charge in [0.1, 0.15) is 0 Å². The van der Waals surface area contributed by atoms with E-state index in [1.165, 1.54) is 6.08 Å². The average molecular weight is 218 g/mol. The van der Waals surface area contributed by atoms with Crippen LogP contribution in [-0.2, 0) is 21.7 Å². The summed E-state index contributed by atoms with van der Waals surface area (Å²) >= 11 is 0. The molecule has 1 heteroatoms. The van der Waals surface area contributed by atoms with Crippen molar-refractivity contribution < 1.29 is 21.7 Å². The van der Waals surface area contributed by atoms with Crippen molar-refractivity contribution in [3.05, 3.63) is 73.4 Å². The van der Waals surface area contributed by atoms with Crippen LogP contribution in [-0.4, -0.2) is 0 Å². The Labute approximate surface area is 102 Å². The quantitative estimate of drug-likeness (QED) is 0.358. The minimum absolute atomic E-state index is 0. The fourth-order valence-corrected chi connectivity index (χ4v) is 0.581. The van der Waals surface area contributed by atoms with Gasteiger partial charge in [0.05, 0.1) is 0 Å². The SMILES string of the molecule is [C-]1=C/C=C\C=C/C=C1.[CH-]=CC=CC.[Ti+2]. The fourth-order valence-electron chi connectivity index (χ4n) is 0.581. The van der Waals surface area contributed by atoms with Crippen LogP contribution in [0.25, 0.3) is 0 Å². The topological polar surface area (TPSA) is 0 Å². The molecule has 0 saturated carbocycles. The van der Waals surface area contributed by atoms with Crippen molar-refractivity contribution in [1.29, 1.82) is 0 Å². The van der Waals surface area contributed by atoms with E-state index in [0.717, 1.165) is 0 Å². The van der Waals surface area contributed by atoms with Crippen molar-refractivity contribution in [2.45, 2.75) is 6.92 Å². The molecular formula is C13H14Ti. The normalized spacial score (nSPS) is 16.9. The Morgan fingerprint density at radius 3 is 2.29 bits per heavy atom. The first kappa shape index (κ1) is 15.6. The summed E-state index contributed by atoms with van der Waals surface area (Å²) in [4.78, 5) is 0. The number of hydrogen-bond acceptors (Lipinski definition) is 0. The number of hydrogen-bond donors (Lipinski definition) is 0. The molecule has 1 aliphatic rings. The number of allylic oxidation sites excluding steroid dienone is 11. The zero-order valence-electron chi connectivity index (χ0n) is 8.35. The van der Waals surface area contributed by atoms with Gasteiger partial charge in [-0.25, -0.2) is 12.2 Å². The van der Waals surface area contributed by atoms with Gasteiger partial charge in [-0.2, -0.15) is 36.5 Å². The zero-order chi connectivity index (χ0) is 9.78. The molecule has 0 aromatic rings. The Kier molecular flexibility index (Phi) is 16.4. The van der Waals surface area contributed by atoms with E-state index in [1.54, 1.807) is 6.08 Å². The first-order valence-corrected chi connectivity index (χ1v) is 4.15. The largest absolute Gasteiger partial charge is 2.00 e. The Morgan fingerprint density at radius 2 is 1.71 bits per heavy atom. The molecule has 1 aliphatic carbocycles. The average Bonchev–Trinajstić information content (AvgIpc) is 2.05. The van der Waals surface area contributed by atoms with Crippen LogP contribution in [0, 0.1) is 12.7 Å². The molecule has 14 heavy (non-hydrogen) atoms. The molecule has 0 aromatic carbocycles. The van der Waals surface area contributed by atoms with Crippen LogP contribution in [0.2, 0.25) is 0 Å². The summed E-state index contributed by atoms with van der Waals surface area (Å²) in [6.45, 7) is 6.85. The first-order valence-electron chi connectivity index (χ1n) is 4.15. The summed E-state index contributed by atoms with van der Waals surface area (Å²) in [7, 11) is 0. The summed E-state index contributed by atoms with van der Waals surface area (Å²) in [6, 6.07) is 0. The second-order valence-corrected chi connectivity index (χ2v) is 2.18. The molecule has 0 amide bonds. The third-order valence-corrected chi connectivity index (χ3v) is 1.13. The van der Waals surface area contributed by atoms with Crippen LogP contribution in [0.15, 0.2) is 60.8 Å². The third-order valence-electron chi connectivity index (χ3n) is 1.13. The summed E-state index contributed by atoms with van der Waals surface area (Å²) < 4.78 is 0. The molecule has 0 unspecified atom stereocenters. The number of rotatable bonds is 1. The summed E-state index contributed by atoms with van der Waals surface area (Å²) in [5, 5.41) is 0. The molecular weight excluding hydrogens is 204 g/mol. The van der Waals surface area contributed by atoms with Gasteiger partial charge in [-0.1, -0.05) is 13.0 Å². The third kappa shape index (κ3) is 13.7. The predicted octanol–water partition coefficient (Wildman–Crippen LogP) is 3.58. The standard InChI is InChI=1S/C8H7.C5H7.Ti/c1-2-4-6-8-7-5-3-1;1-3-5-4-2;/h1-7H;1,3-5H,2H3;/q2*-1;+2/b2-1-,3-1?,4-2?,5-3-,6-4?,7-5?;;. The minimum atomic E-state index is 0. The molecule has 0 N–H and O–H groups in total. The van der Waals surface area contributed by atoms with Crippen LogP contribution in [0.3, 0.4) is 0 Å². The summed E-state index contributed by atoms with van der Waals surface area (Å²) in [5.74, 6) is 0. The van der Waals surface area contributed by atoms with Crippen LogP contribution in [0.1, 0.15) is 6.92 Å². The van der Waals surface area contributed by atoms with Crippen LogP contribution in [0.4, 0.5) is 0 Å². The van der Waals surface area contributed by atoms with Gasteiger partial charge in [-0.15, -0.1) is 12.2 Å². The molecule has 0 atom stereocenters. The van der Waals surface area contributed by atoms with Crippen LogP contribution >= 0.6 is 0 Å². The summed E-state index contributed by atoms with van der Waals surface area (Å²) in [5.41, 5.74) is 0. The molecule has 1 rings (SSSR count). The van der Waals surface area contributed by atoms with Crippen molar-refractivity contribution in [3.8, 4) is 0 Å². The molecule has 0 aromatic heterocycles. The van der Waals surface area contributed by atoms with E-state index in [9.17, 15) is 0 Å². The predicted molar refractivity (Wildman–Crippen MR) is 58.9 cm³/mol. The maximum Gasteiger partial charge on any atom is 2.00 e. The monoisotopic (exact) mass is 218 g/mol. The van der Waals surface area contributed by atoms with Crippen molar-refractivity contribution >= 4 is 0 Å². The van der Waals surface area contributed by atoms with E-state index in [1.807, 2.05) is 55.5 Å². The van der Waals surface area contributed by atoms with Gasteiger partial charge in [0, 0.05) is 0 Å². The van der Waals surface area contributed by atoms with E-state index < -0.39 is 0 Å². The Morgan fingerprint density at radius 1 is 1.07 bits per heavy atom. The molecule has 0 spiro atoms. The molecule has 0 heterocycles. The Balaban J connectivity index is 0. The van der Waals surface area contributed by atoms with E-state index in [4.69, 9.17) is 6.58 Å². The maximum atomic E-state index is 4.93. The van der Waals surface area contributed by atoms with Gasteiger partial charge in [0.15, 0.2) is 0 Å². The van der Waals surface area contributed by atoms with Gasteiger partial charge in [0.2, 0.25) is 0 Å². The van der Waals surface area contributed by atoms with Crippen LogP contribution in [0.5, 0.6) is 0 Å². The van der Waals surface area contributed by atoms with Gasteiger partial charge in [-0.05, 0) is 0 Å². The van der Waals surface area contributed by atoms with E-state index in [-0.39, 0.29) is 21.7 Å². The van der Waals surface area contributed by atoms with Crippen LogP contribution < -0.4 is 0 Å². The van der Waals surface area contributed by atoms with E-state index in [0.29, 0.717) is 0 Å². The van der Waals surface area contributed by atoms with E-state index >= 15 is 0 Å². The van der Waals surface area contributed by atoms with E-state index in [2.05, 4.69) is 6.08 Å². The Bertz CT molecular complexity index is 196. The minimum Gasteiger partial charge on any atom is -0.293 e. The van der Waals surface area contributed by atoms with Gasteiger partial charge >= 0.3 is 21.7 Å². The maximum absolute atomic E-state index is 4.93. The second-order valence-electron chi connectivity index (χ2n) is 2.18. The van der Waals surface area contributed by atoms with Gasteiger partial charge < -0.3 is 0 Å². The fraction of sp³-hybridized carbons (Fsp3) is 0.0769. The molecule has 0 nitrogen and oxygen atoms in total. The molecule has 0 saturated heterocycles. The Hall–Kier alpha value is -0.846. The molecule has 0 fully saturated rings. The smallest absolute Gasteiger partial charge is 0.293 e. The van der Waals surface area contributed by atoms with Gasteiger partial charge in [0.25, 0.3) is 0 Å². The molecule has 70 valence electrons. The first-order chi connectivity index (χ1) is 6.41. The van der Waals surface area contributed by atoms with Gasteiger partial charge in [-0.3, -0.25) is 6.58 Å².